The lowest BCUT2D eigenvalue weighted by molar-refractivity contribution is -0.137. The smallest absolute Gasteiger partial charge is 0.344 e. The maximum absolute atomic E-state index is 11.3. The molecule has 0 saturated heterocycles. The van der Waals surface area contributed by atoms with Crippen LogP contribution in [0.15, 0.2) is 10.6 Å². The van der Waals surface area contributed by atoms with Crippen molar-refractivity contribution in [1.29, 1.82) is 0 Å². The Morgan fingerprint density at radius 2 is 1.88 bits per heavy atom. The predicted molar refractivity (Wildman–Crippen MR) is 76.8 cm³/mol. The van der Waals surface area contributed by atoms with Crippen LogP contribution in [0, 0.1) is 0 Å². The highest BCUT2D eigenvalue weighted by Gasteiger charge is 2.36. The van der Waals surface area contributed by atoms with E-state index in [0.29, 0.717) is 17.7 Å². The Labute approximate surface area is 114 Å². The van der Waals surface area contributed by atoms with Crippen LogP contribution in [0.1, 0.15) is 27.7 Å². The zero-order valence-corrected chi connectivity index (χ0v) is 14.2. The number of carbonyl (C=O) groups excluding carboxylic acids is 1. The fourth-order valence-electron chi connectivity index (χ4n) is 0.823. The quantitative estimate of drug-likeness (QED) is 0.438. The summed E-state index contributed by atoms with van der Waals surface area (Å²) in [7, 11) is -1.74. The Morgan fingerprint density at radius 3 is 2.29 bits per heavy atom. The van der Waals surface area contributed by atoms with Crippen LogP contribution in [0.4, 0.5) is 0 Å². The van der Waals surface area contributed by atoms with Crippen molar-refractivity contribution in [3.8, 4) is 0 Å². The summed E-state index contributed by atoms with van der Waals surface area (Å²) in [6.07, 6.45) is 1.72. The summed E-state index contributed by atoms with van der Waals surface area (Å²) in [6.45, 7) is 13.5. The molecule has 0 fully saturated rings. The number of ether oxygens (including phenoxy) is 1. The van der Waals surface area contributed by atoms with E-state index in [0.717, 1.165) is 0 Å². The molecule has 100 valence electrons. The molecule has 0 aromatic rings. The number of carbonyl (C=O) groups is 1. The maximum atomic E-state index is 11.3. The number of rotatable bonds is 5. The van der Waals surface area contributed by atoms with Gasteiger partial charge in [-0.15, -0.1) is 0 Å². The van der Waals surface area contributed by atoms with E-state index in [-0.39, 0.29) is 11.0 Å². The van der Waals surface area contributed by atoms with E-state index in [4.69, 9.17) is 9.16 Å². The minimum Gasteiger partial charge on any atom is -0.462 e. The molecule has 0 spiro atoms. The Balaban J connectivity index is 4.32. The van der Waals surface area contributed by atoms with Crippen molar-refractivity contribution in [2.45, 2.75) is 45.8 Å². The summed E-state index contributed by atoms with van der Waals surface area (Å²) >= 11 is 3.18. The summed E-state index contributed by atoms with van der Waals surface area (Å²) in [4.78, 5) is 11.3. The third-order valence-corrected chi connectivity index (χ3v) is 8.13. The van der Waals surface area contributed by atoms with Crippen LogP contribution in [0.5, 0.6) is 0 Å². The molecule has 0 radical (unpaired) electrons. The van der Waals surface area contributed by atoms with Crippen molar-refractivity contribution in [2.24, 2.45) is 0 Å². The SMILES string of the molecule is CCOC(=O)/C(Br)=C/CO[Si](C)(C)C(C)(C)C. The highest BCUT2D eigenvalue weighted by molar-refractivity contribution is 9.12. The highest BCUT2D eigenvalue weighted by atomic mass is 79.9. The third kappa shape index (κ3) is 5.83. The molecule has 0 unspecified atom stereocenters. The summed E-state index contributed by atoms with van der Waals surface area (Å²) in [5, 5.41) is 0.178. The molecule has 0 heterocycles. The first-order valence-electron chi connectivity index (χ1n) is 5.78. The first-order chi connectivity index (χ1) is 7.62. The van der Waals surface area contributed by atoms with Crippen LogP contribution in [0.3, 0.4) is 0 Å². The van der Waals surface area contributed by atoms with Crippen molar-refractivity contribution in [3.63, 3.8) is 0 Å². The molecule has 0 aromatic carbocycles. The summed E-state index contributed by atoms with van der Waals surface area (Å²) in [5.74, 6) is -0.341. The van der Waals surface area contributed by atoms with E-state index in [1.54, 1.807) is 13.0 Å². The van der Waals surface area contributed by atoms with Crippen LogP contribution in [-0.2, 0) is 14.0 Å². The van der Waals surface area contributed by atoms with Crippen molar-refractivity contribution >= 4 is 30.2 Å². The lowest BCUT2D eigenvalue weighted by atomic mass is 10.2. The monoisotopic (exact) mass is 322 g/mol. The van der Waals surface area contributed by atoms with E-state index in [2.05, 4.69) is 49.8 Å². The molecule has 0 bridgehead atoms. The first-order valence-corrected chi connectivity index (χ1v) is 9.48. The topological polar surface area (TPSA) is 35.5 Å². The average molecular weight is 323 g/mol. The van der Waals surface area contributed by atoms with E-state index < -0.39 is 8.32 Å². The van der Waals surface area contributed by atoms with Crippen LogP contribution >= 0.6 is 15.9 Å². The Hall–Kier alpha value is -0.133. The average Bonchev–Trinajstić information content (AvgIpc) is 2.15. The Kier molecular flexibility index (Phi) is 6.65. The molecule has 0 rings (SSSR count). The van der Waals surface area contributed by atoms with Gasteiger partial charge in [0.25, 0.3) is 0 Å². The second-order valence-corrected chi connectivity index (χ2v) is 11.0. The summed E-state index contributed by atoms with van der Waals surface area (Å²) in [5.41, 5.74) is 0. The lowest BCUT2D eigenvalue weighted by Gasteiger charge is -2.35. The minimum absolute atomic E-state index is 0.178. The van der Waals surface area contributed by atoms with Crippen LogP contribution in [0.2, 0.25) is 18.1 Å². The number of hydrogen-bond acceptors (Lipinski definition) is 3. The number of esters is 1. The zero-order chi connectivity index (χ0) is 13.7. The molecule has 0 N–H and O–H groups in total. The van der Waals surface area contributed by atoms with Crippen molar-refractivity contribution in [1.82, 2.24) is 0 Å². The molecule has 0 aliphatic carbocycles. The Morgan fingerprint density at radius 1 is 1.35 bits per heavy atom. The molecule has 0 saturated carbocycles. The molecule has 5 heteroatoms. The van der Waals surface area contributed by atoms with Crippen LogP contribution in [-0.4, -0.2) is 27.5 Å². The summed E-state index contributed by atoms with van der Waals surface area (Å²) in [6, 6.07) is 0. The molecule has 3 nitrogen and oxygen atoms in total. The lowest BCUT2D eigenvalue weighted by Crippen LogP contribution is -2.40. The minimum atomic E-state index is -1.74. The van der Waals surface area contributed by atoms with Gasteiger partial charge >= 0.3 is 5.97 Å². The van der Waals surface area contributed by atoms with Gasteiger partial charge in [0, 0.05) is 0 Å². The molecular formula is C12H23BrO3Si. The van der Waals surface area contributed by atoms with Gasteiger partial charge in [0.2, 0.25) is 0 Å². The van der Waals surface area contributed by atoms with Crippen molar-refractivity contribution in [2.75, 3.05) is 13.2 Å². The molecule has 17 heavy (non-hydrogen) atoms. The largest absolute Gasteiger partial charge is 0.462 e. The highest BCUT2D eigenvalue weighted by Crippen LogP contribution is 2.36. The van der Waals surface area contributed by atoms with Crippen molar-refractivity contribution < 1.29 is 14.0 Å². The van der Waals surface area contributed by atoms with E-state index in [9.17, 15) is 4.79 Å². The van der Waals surface area contributed by atoms with Gasteiger partial charge in [-0.25, -0.2) is 4.79 Å². The number of hydrogen-bond donors (Lipinski definition) is 0. The fraction of sp³-hybridized carbons (Fsp3) is 0.750. The second-order valence-electron chi connectivity index (χ2n) is 5.34. The molecule has 0 aliphatic rings. The van der Waals surface area contributed by atoms with E-state index in [1.807, 2.05) is 0 Å². The molecule has 0 amide bonds. The normalized spacial score (nSPS) is 13.7. The molecule has 0 atom stereocenters. The van der Waals surface area contributed by atoms with E-state index >= 15 is 0 Å². The van der Waals surface area contributed by atoms with Gasteiger partial charge in [-0.05, 0) is 47.1 Å². The van der Waals surface area contributed by atoms with Gasteiger partial charge in [0.1, 0.15) is 4.48 Å². The molecule has 0 aliphatic heterocycles. The molecule has 0 aromatic heterocycles. The summed E-state index contributed by atoms with van der Waals surface area (Å²) < 4.78 is 11.2. The first kappa shape index (κ1) is 16.9. The Bertz CT molecular complexity index is 293. The fourth-order valence-corrected chi connectivity index (χ4v) is 2.00. The van der Waals surface area contributed by atoms with Gasteiger partial charge < -0.3 is 9.16 Å². The second kappa shape index (κ2) is 6.71. The van der Waals surface area contributed by atoms with Crippen LogP contribution in [0.25, 0.3) is 0 Å². The maximum Gasteiger partial charge on any atom is 0.344 e. The molecular weight excluding hydrogens is 300 g/mol. The third-order valence-electron chi connectivity index (χ3n) is 2.98. The standard InChI is InChI=1S/C12H23BrO3Si/c1-7-15-11(14)10(13)8-9-16-17(5,6)12(2,3)4/h8H,7,9H2,1-6H3/b10-8-. The van der Waals surface area contributed by atoms with Crippen LogP contribution < -0.4 is 0 Å². The number of halogens is 1. The van der Waals surface area contributed by atoms with Gasteiger partial charge in [-0.3, -0.25) is 0 Å². The van der Waals surface area contributed by atoms with Gasteiger partial charge in [0.15, 0.2) is 8.32 Å². The van der Waals surface area contributed by atoms with E-state index in [1.165, 1.54) is 0 Å². The zero-order valence-electron chi connectivity index (χ0n) is 11.6. The van der Waals surface area contributed by atoms with Crippen molar-refractivity contribution in [3.05, 3.63) is 10.6 Å². The van der Waals surface area contributed by atoms with Gasteiger partial charge in [-0.1, -0.05) is 20.8 Å². The van der Waals surface area contributed by atoms with Gasteiger partial charge in [-0.2, -0.15) is 0 Å². The predicted octanol–water partition coefficient (Wildman–Crippen LogP) is 3.85. The van der Waals surface area contributed by atoms with Gasteiger partial charge in [0.05, 0.1) is 13.2 Å².